The van der Waals surface area contributed by atoms with Crippen LogP contribution in [0.5, 0.6) is 17.2 Å². The number of nitrogens with one attached hydrogen (secondary N) is 1. The third-order valence-corrected chi connectivity index (χ3v) is 3.12. The summed E-state index contributed by atoms with van der Waals surface area (Å²) in [6.07, 6.45) is 0. The Bertz CT molecular complexity index is 658. The van der Waals surface area contributed by atoms with Gasteiger partial charge in [-0.3, -0.25) is 4.79 Å². The van der Waals surface area contributed by atoms with E-state index in [0.29, 0.717) is 29.4 Å². The molecule has 6 heteroatoms. The SMILES string of the molecule is COc1cccc(OCCNC(=O)c2ccc(F)cc2)c1OC. The zero-order chi connectivity index (χ0) is 16.7. The number of methoxy groups -OCH3 is 2. The summed E-state index contributed by atoms with van der Waals surface area (Å²) in [7, 11) is 3.07. The predicted octanol–water partition coefficient (Wildman–Crippen LogP) is 2.65. The molecular weight excluding hydrogens is 301 g/mol. The Hall–Kier alpha value is -2.76. The van der Waals surface area contributed by atoms with Crippen molar-refractivity contribution in [3.8, 4) is 17.2 Å². The molecular formula is C17H18FNO4. The maximum absolute atomic E-state index is 12.8. The van der Waals surface area contributed by atoms with E-state index in [9.17, 15) is 9.18 Å². The van der Waals surface area contributed by atoms with E-state index >= 15 is 0 Å². The number of para-hydroxylation sites is 1. The monoisotopic (exact) mass is 319 g/mol. The summed E-state index contributed by atoms with van der Waals surface area (Å²) >= 11 is 0. The lowest BCUT2D eigenvalue weighted by Gasteiger charge is -2.13. The Morgan fingerprint density at radius 3 is 2.39 bits per heavy atom. The fourth-order valence-electron chi connectivity index (χ4n) is 2.00. The normalized spacial score (nSPS) is 10.0. The topological polar surface area (TPSA) is 56.8 Å². The van der Waals surface area contributed by atoms with Crippen molar-refractivity contribution in [1.82, 2.24) is 5.32 Å². The quantitative estimate of drug-likeness (QED) is 0.797. The number of ether oxygens (including phenoxy) is 3. The van der Waals surface area contributed by atoms with E-state index in [1.807, 2.05) is 0 Å². The Morgan fingerprint density at radius 2 is 1.74 bits per heavy atom. The molecule has 0 radical (unpaired) electrons. The molecule has 5 nitrogen and oxygen atoms in total. The molecule has 0 aliphatic rings. The Kier molecular flexibility index (Phi) is 5.80. The minimum absolute atomic E-state index is 0.260. The van der Waals surface area contributed by atoms with Gasteiger partial charge in [-0.25, -0.2) is 4.39 Å². The van der Waals surface area contributed by atoms with Gasteiger partial charge in [0.1, 0.15) is 12.4 Å². The first-order chi connectivity index (χ1) is 11.2. The minimum Gasteiger partial charge on any atom is -0.493 e. The predicted molar refractivity (Wildman–Crippen MR) is 83.8 cm³/mol. The van der Waals surface area contributed by atoms with Gasteiger partial charge in [0.15, 0.2) is 11.5 Å². The van der Waals surface area contributed by atoms with E-state index in [0.717, 1.165) is 0 Å². The molecule has 0 fully saturated rings. The van der Waals surface area contributed by atoms with Crippen molar-refractivity contribution in [3.63, 3.8) is 0 Å². The fourth-order valence-corrected chi connectivity index (χ4v) is 2.00. The molecule has 0 bridgehead atoms. The molecule has 2 rings (SSSR count). The molecule has 0 spiro atoms. The summed E-state index contributed by atoms with van der Waals surface area (Å²) < 4.78 is 28.8. The number of halogens is 1. The van der Waals surface area contributed by atoms with Crippen LogP contribution < -0.4 is 19.5 Å². The summed E-state index contributed by atoms with van der Waals surface area (Å²) in [5.41, 5.74) is 0.394. The van der Waals surface area contributed by atoms with Gasteiger partial charge in [0, 0.05) is 5.56 Å². The van der Waals surface area contributed by atoms with Crippen LogP contribution in [0.15, 0.2) is 42.5 Å². The van der Waals surface area contributed by atoms with Crippen LogP contribution in [-0.2, 0) is 0 Å². The minimum atomic E-state index is -0.380. The molecule has 0 aliphatic heterocycles. The van der Waals surface area contributed by atoms with Crippen molar-refractivity contribution in [1.29, 1.82) is 0 Å². The second-order valence-corrected chi connectivity index (χ2v) is 4.60. The van der Waals surface area contributed by atoms with Crippen LogP contribution in [-0.4, -0.2) is 33.3 Å². The Morgan fingerprint density at radius 1 is 1.04 bits per heavy atom. The highest BCUT2D eigenvalue weighted by molar-refractivity contribution is 5.94. The number of carbonyl (C=O) groups excluding carboxylic acids is 1. The van der Waals surface area contributed by atoms with Crippen LogP contribution in [0.1, 0.15) is 10.4 Å². The van der Waals surface area contributed by atoms with Crippen LogP contribution >= 0.6 is 0 Å². The maximum atomic E-state index is 12.8. The second-order valence-electron chi connectivity index (χ2n) is 4.60. The molecule has 1 N–H and O–H groups in total. The smallest absolute Gasteiger partial charge is 0.251 e. The Balaban J connectivity index is 1.86. The molecule has 2 aromatic carbocycles. The van der Waals surface area contributed by atoms with E-state index in [1.165, 1.54) is 31.4 Å². The standard InChI is InChI=1S/C17H18FNO4/c1-21-14-4-3-5-15(16(14)22-2)23-11-10-19-17(20)12-6-8-13(18)9-7-12/h3-9H,10-11H2,1-2H3,(H,19,20). The average molecular weight is 319 g/mol. The van der Waals surface area contributed by atoms with Crippen LogP contribution in [0.2, 0.25) is 0 Å². The number of hydrogen-bond donors (Lipinski definition) is 1. The highest BCUT2D eigenvalue weighted by atomic mass is 19.1. The van der Waals surface area contributed by atoms with Gasteiger partial charge in [0.05, 0.1) is 20.8 Å². The highest BCUT2D eigenvalue weighted by Crippen LogP contribution is 2.36. The first-order valence-corrected chi connectivity index (χ1v) is 7.03. The van der Waals surface area contributed by atoms with Gasteiger partial charge in [0.25, 0.3) is 5.91 Å². The van der Waals surface area contributed by atoms with Crippen LogP contribution in [0.4, 0.5) is 4.39 Å². The van der Waals surface area contributed by atoms with E-state index in [-0.39, 0.29) is 18.3 Å². The average Bonchev–Trinajstić information content (AvgIpc) is 2.58. The molecule has 0 aliphatic carbocycles. The summed E-state index contributed by atoms with van der Waals surface area (Å²) in [4.78, 5) is 11.9. The van der Waals surface area contributed by atoms with Gasteiger partial charge in [-0.1, -0.05) is 6.07 Å². The lowest BCUT2D eigenvalue weighted by molar-refractivity contribution is 0.0946. The summed E-state index contributed by atoms with van der Waals surface area (Å²) in [6.45, 7) is 0.563. The summed E-state index contributed by atoms with van der Waals surface area (Å²) in [6, 6.07) is 10.6. The first-order valence-electron chi connectivity index (χ1n) is 7.03. The lowest BCUT2D eigenvalue weighted by Crippen LogP contribution is -2.28. The van der Waals surface area contributed by atoms with E-state index in [4.69, 9.17) is 14.2 Å². The van der Waals surface area contributed by atoms with E-state index in [1.54, 1.807) is 25.3 Å². The molecule has 23 heavy (non-hydrogen) atoms. The summed E-state index contributed by atoms with van der Waals surface area (Å²) in [5.74, 6) is 0.935. The molecule has 0 saturated heterocycles. The van der Waals surface area contributed by atoms with Crippen molar-refractivity contribution in [3.05, 3.63) is 53.8 Å². The van der Waals surface area contributed by atoms with Crippen molar-refractivity contribution >= 4 is 5.91 Å². The number of carbonyl (C=O) groups is 1. The molecule has 0 aromatic heterocycles. The zero-order valence-corrected chi connectivity index (χ0v) is 13.0. The third-order valence-electron chi connectivity index (χ3n) is 3.12. The van der Waals surface area contributed by atoms with Crippen molar-refractivity contribution in [2.75, 3.05) is 27.4 Å². The van der Waals surface area contributed by atoms with Gasteiger partial charge in [-0.15, -0.1) is 0 Å². The first kappa shape index (κ1) is 16.6. The maximum Gasteiger partial charge on any atom is 0.251 e. The van der Waals surface area contributed by atoms with Crippen LogP contribution in [0.3, 0.4) is 0 Å². The van der Waals surface area contributed by atoms with Gasteiger partial charge in [-0.05, 0) is 36.4 Å². The molecule has 0 unspecified atom stereocenters. The van der Waals surface area contributed by atoms with Crippen LogP contribution in [0, 0.1) is 5.82 Å². The van der Waals surface area contributed by atoms with Crippen molar-refractivity contribution in [2.45, 2.75) is 0 Å². The number of rotatable bonds is 7. The molecule has 0 heterocycles. The molecule has 122 valence electrons. The van der Waals surface area contributed by atoms with Crippen molar-refractivity contribution in [2.24, 2.45) is 0 Å². The van der Waals surface area contributed by atoms with Gasteiger partial charge < -0.3 is 19.5 Å². The van der Waals surface area contributed by atoms with Crippen molar-refractivity contribution < 1.29 is 23.4 Å². The highest BCUT2D eigenvalue weighted by Gasteiger charge is 2.10. The van der Waals surface area contributed by atoms with E-state index < -0.39 is 0 Å². The van der Waals surface area contributed by atoms with E-state index in [2.05, 4.69) is 5.32 Å². The second kappa shape index (κ2) is 8.03. The molecule has 1 amide bonds. The summed E-state index contributed by atoms with van der Waals surface area (Å²) in [5, 5.41) is 2.70. The number of hydrogen-bond acceptors (Lipinski definition) is 4. The fraction of sp³-hybridized carbons (Fsp3) is 0.235. The molecule has 0 atom stereocenters. The van der Waals surface area contributed by atoms with Gasteiger partial charge >= 0.3 is 0 Å². The van der Waals surface area contributed by atoms with Gasteiger partial charge in [0.2, 0.25) is 5.75 Å². The zero-order valence-electron chi connectivity index (χ0n) is 13.0. The van der Waals surface area contributed by atoms with Gasteiger partial charge in [-0.2, -0.15) is 0 Å². The number of amides is 1. The lowest BCUT2D eigenvalue weighted by atomic mass is 10.2. The number of benzene rings is 2. The Labute approximate surface area is 134 Å². The molecule has 0 saturated carbocycles. The molecule has 2 aromatic rings. The third kappa shape index (κ3) is 4.35. The largest absolute Gasteiger partial charge is 0.493 e. The van der Waals surface area contributed by atoms with Crippen LogP contribution in [0.25, 0.3) is 0 Å².